The molecule has 0 unspecified atom stereocenters. The fourth-order valence-electron chi connectivity index (χ4n) is 2.63. The van der Waals surface area contributed by atoms with Crippen molar-refractivity contribution in [3.05, 3.63) is 57.5 Å². The first kappa shape index (κ1) is 17.2. The average molecular weight is 406 g/mol. The lowest BCUT2D eigenvalue weighted by Crippen LogP contribution is -2.32. The molecule has 0 saturated carbocycles. The highest BCUT2D eigenvalue weighted by Gasteiger charge is 2.18. The van der Waals surface area contributed by atoms with Crippen molar-refractivity contribution in [3.63, 3.8) is 0 Å². The molecule has 2 heterocycles. The smallest absolute Gasteiger partial charge is 0.268 e. The molecular formula is C18H20BrN3OS. The van der Waals surface area contributed by atoms with Crippen molar-refractivity contribution in [2.24, 2.45) is 0 Å². The van der Waals surface area contributed by atoms with Gasteiger partial charge in [-0.25, -0.2) is 0 Å². The monoisotopic (exact) mass is 405 g/mol. The van der Waals surface area contributed by atoms with Crippen molar-refractivity contribution in [2.45, 2.75) is 6.54 Å². The molecule has 1 amide bonds. The predicted octanol–water partition coefficient (Wildman–Crippen LogP) is 3.81. The Morgan fingerprint density at radius 1 is 1.29 bits per heavy atom. The van der Waals surface area contributed by atoms with Gasteiger partial charge in [0, 0.05) is 25.0 Å². The molecule has 4 nitrogen and oxygen atoms in total. The minimum Gasteiger partial charge on any atom is -0.349 e. The molecule has 3 aromatic rings. The summed E-state index contributed by atoms with van der Waals surface area (Å²) in [6.45, 7) is 2.14. The zero-order valence-corrected chi connectivity index (χ0v) is 16.2. The number of carbonyl (C=O) groups is 1. The van der Waals surface area contributed by atoms with Gasteiger partial charge in [-0.1, -0.05) is 30.3 Å². The first-order valence-corrected chi connectivity index (χ1v) is 9.46. The Balaban J connectivity index is 1.92. The predicted molar refractivity (Wildman–Crippen MR) is 104 cm³/mol. The van der Waals surface area contributed by atoms with Gasteiger partial charge >= 0.3 is 0 Å². The summed E-state index contributed by atoms with van der Waals surface area (Å²) in [5, 5.41) is 5.08. The highest BCUT2D eigenvalue weighted by Crippen LogP contribution is 2.33. The Kier molecular flexibility index (Phi) is 5.38. The van der Waals surface area contributed by atoms with E-state index in [0.717, 1.165) is 21.2 Å². The highest BCUT2D eigenvalue weighted by molar-refractivity contribution is 9.10. The van der Waals surface area contributed by atoms with Crippen molar-refractivity contribution in [2.75, 3.05) is 27.2 Å². The van der Waals surface area contributed by atoms with E-state index in [1.165, 1.54) is 5.56 Å². The van der Waals surface area contributed by atoms with E-state index in [9.17, 15) is 4.79 Å². The number of benzene rings is 1. The van der Waals surface area contributed by atoms with Crippen LogP contribution in [0.1, 0.15) is 16.1 Å². The lowest BCUT2D eigenvalue weighted by atomic mass is 10.2. The van der Waals surface area contributed by atoms with Crippen molar-refractivity contribution in [1.82, 2.24) is 14.8 Å². The van der Waals surface area contributed by atoms with Crippen LogP contribution in [0.15, 0.2) is 46.3 Å². The summed E-state index contributed by atoms with van der Waals surface area (Å²) in [6.07, 6.45) is 0. The normalized spacial score (nSPS) is 11.3. The third kappa shape index (κ3) is 3.71. The maximum atomic E-state index is 12.7. The summed E-state index contributed by atoms with van der Waals surface area (Å²) in [5.41, 5.74) is 2.97. The van der Waals surface area contributed by atoms with Gasteiger partial charge in [0.2, 0.25) is 0 Å². The number of aromatic nitrogens is 1. The number of amides is 1. The maximum Gasteiger partial charge on any atom is 0.268 e. The Bertz CT molecular complexity index is 839. The summed E-state index contributed by atoms with van der Waals surface area (Å²) >= 11 is 5.27. The molecule has 0 radical (unpaired) electrons. The van der Waals surface area contributed by atoms with Crippen LogP contribution in [0.25, 0.3) is 10.2 Å². The molecule has 0 aliphatic heterocycles. The number of rotatable bonds is 6. The Labute approximate surface area is 154 Å². The zero-order chi connectivity index (χ0) is 17.1. The van der Waals surface area contributed by atoms with Crippen LogP contribution in [0.2, 0.25) is 0 Å². The second-order valence-electron chi connectivity index (χ2n) is 5.96. The Morgan fingerprint density at radius 3 is 2.75 bits per heavy atom. The largest absolute Gasteiger partial charge is 0.349 e. The summed E-state index contributed by atoms with van der Waals surface area (Å²) in [6, 6.07) is 12.2. The van der Waals surface area contributed by atoms with E-state index in [4.69, 9.17) is 0 Å². The van der Waals surface area contributed by atoms with Crippen LogP contribution >= 0.6 is 27.3 Å². The molecule has 0 atom stereocenters. The van der Waals surface area contributed by atoms with Crippen LogP contribution in [0, 0.1) is 0 Å². The lowest BCUT2D eigenvalue weighted by Gasteiger charge is -2.13. The van der Waals surface area contributed by atoms with E-state index in [0.29, 0.717) is 18.8 Å². The van der Waals surface area contributed by atoms with Crippen molar-refractivity contribution < 1.29 is 4.79 Å². The quantitative estimate of drug-likeness (QED) is 0.676. The van der Waals surface area contributed by atoms with Crippen LogP contribution in [0.5, 0.6) is 0 Å². The van der Waals surface area contributed by atoms with Crippen LogP contribution in [0.3, 0.4) is 0 Å². The minimum atomic E-state index is -0.0249. The lowest BCUT2D eigenvalue weighted by molar-refractivity contribution is 0.0942. The number of carbonyl (C=O) groups excluding carboxylic acids is 1. The minimum absolute atomic E-state index is 0.0249. The van der Waals surface area contributed by atoms with Crippen molar-refractivity contribution in [1.29, 1.82) is 0 Å². The fourth-order valence-corrected chi connectivity index (χ4v) is 4.33. The number of hydrogen-bond acceptors (Lipinski definition) is 3. The standard InChI is InChI=1S/C18H20BrN3OS/c1-21(2)9-8-20-18(23)15-10-16-17(14(19)12-24-16)22(15)11-13-6-4-3-5-7-13/h3-7,10,12H,8-9,11H2,1-2H3,(H,20,23). The second-order valence-corrected chi connectivity index (χ2v) is 7.72. The molecule has 0 fully saturated rings. The van der Waals surface area contributed by atoms with E-state index in [1.807, 2.05) is 38.4 Å². The zero-order valence-electron chi connectivity index (χ0n) is 13.8. The Morgan fingerprint density at radius 2 is 2.04 bits per heavy atom. The second kappa shape index (κ2) is 7.51. The number of likely N-dealkylation sites (N-methyl/N-ethyl adjacent to an activating group) is 1. The SMILES string of the molecule is CN(C)CCNC(=O)c1cc2scc(Br)c2n1Cc1ccccc1. The molecule has 0 spiro atoms. The van der Waals surface area contributed by atoms with Crippen LogP contribution in [0.4, 0.5) is 0 Å². The van der Waals surface area contributed by atoms with Gasteiger partial charge in [-0.05, 0) is 41.7 Å². The maximum absolute atomic E-state index is 12.7. The van der Waals surface area contributed by atoms with Gasteiger partial charge in [-0.2, -0.15) is 0 Å². The van der Waals surface area contributed by atoms with Crippen molar-refractivity contribution in [3.8, 4) is 0 Å². The molecule has 24 heavy (non-hydrogen) atoms. The number of hydrogen-bond donors (Lipinski definition) is 1. The molecule has 0 aliphatic rings. The topological polar surface area (TPSA) is 37.3 Å². The molecule has 1 aromatic carbocycles. The molecule has 1 N–H and O–H groups in total. The average Bonchev–Trinajstić information content (AvgIpc) is 3.09. The van der Waals surface area contributed by atoms with Crippen LogP contribution < -0.4 is 5.32 Å². The molecule has 3 rings (SSSR count). The Hall–Kier alpha value is -1.63. The van der Waals surface area contributed by atoms with E-state index in [2.05, 4.69) is 48.2 Å². The number of nitrogens with zero attached hydrogens (tertiary/aromatic N) is 2. The number of nitrogens with one attached hydrogen (secondary N) is 1. The summed E-state index contributed by atoms with van der Waals surface area (Å²) in [4.78, 5) is 14.7. The summed E-state index contributed by atoms with van der Waals surface area (Å²) in [7, 11) is 3.99. The van der Waals surface area contributed by atoms with Gasteiger partial charge in [-0.15, -0.1) is 11.3 Å². The first-order valence-electron chi connectivity index (χ1n) is 7.79. The first-order chi connectivity index (χ1) is 11.6. The molecule has 6 heteroatoms. The van der Waals surface area contributed by atoms with Gasteiger partial charge in [0.15, 0.2) is 0 Å². The third-order valence-corrected chi connectivity index (χ3v) is 5.66. The fraction of sp³-hybridized carbons (Fsp3) is 0.278. The number of fused-ring (bicyclic) bond motifs is 1. The van der Waals surface area contributed by atoms with E-state index >= 15 is 0 Å². The summed E-state index contributed by atoms with van der Waals surface area (Å²) < 4.78 is 4.25. The van der Waals surface area contributed by atoms with Gasteiger partial charge in [-0.3, -0.25) is 4.79 Å². The molecule has 0 saturated heterocycles. The number of halogens is 1. The van der Waals surface area contributed by atoms with E-state index in [-0.39, 0.29) is 5.91 Å². The number of thiophene rings is 1. The highest BCUT2D eigenvalue weighted by atomic mass is 79.9. The van der Waals surface area contributed by atoms with E-state index < -0.39 is 0 Å². The van der Waals surface area contributed by atoms with Gasteiger partial charge in [0.05, 0.1) is 14.7 Å². The van der Waals surface area contributed by atoms with Crippen LogP contribution in [-0.2, 0) is 6.54 Å². The molecule has 126 valence electrons. The molecule has 2 aromatic heterocycles. The van der Waals surface area contributed by atoms with E-state index in [1.54, 1.807) is 11.3 Å². The molecule has 0 aliphatic carbocycles. The van der Waals surface area contributed by atoms with Gasteiger partial charge in [0.1, 0.15) is 5.69 Å². The summed E-state index contributed by atoms with van der Waals surface area (Å²) in [5.74, 6) is -0.0249. The van der Waals surface area contributed by atoms with Crippen molar-refractivity contribution >= 4 is 43.4 Å². The third-order valence-electron chi connectivity index (χ3n) is 3.84. The van der Waals surface area contributed by atoms with Gasteiger partial charge < -0.3 is 14.8 Å². The van der Waals surface area contributed by atoms with Crippen LogP contribution in [-0.4, -0.2) is 42.6 Å². The van der Waals surface area contributed by atoms with Gasteiger partial charge in [0.25, 0.3) is 5.91 Å². The molecular weight excluding hydrogens is 386 g/mol. The molecule has 0 bridgehead atoms.